The number of ether oxygens (including phenoxy) is 1. The first-order chi connectivity index (χ1) is 6.31. The highest BCUT2D eigenvalue weighted by Gasteiger charge is 2.00. The van der Waals surface area contributed by atoms with E-state index >= 15 is 0 Å². The third-order valence-electron chi connectivity index (χ3n) is 1.71. The molecule has 0 saturated carbocycles. The van der Waals surface area contributed by atoms with Gasteiger partial charge < -0.3 is 4.74 Å². The molecule has 0 aliphatic carbocycles. The molecular formula is C9H19NO3. The van der Waals surface area contributed by atoms with Gasteiger partial charge in [-0.3, -0.25) is 4.84 Å². The molecule has 4 nitrogen and oxygen atoms in total. The van der Waals surface area contributed by atoms with Gasteiger partial charge in [-0.2, -0.15) is 0 Å². The van der Waals surface area contributed by atoms with Crippen LogP contribution < -0.4 is 5.90 Å². The maximum absolute atomic E-state index is 10.7. The Bertz CT molecular complexity index is 128. The number of rotatable bonds is 8. The third-order valence-corrected chi connectivity index (χ3v) is 1.71. The molecule has 0 aliphatic heterocycles. The molecule has 0 heterocycles. The first-order valence-electron chi connectivity index (χ1n) is 4.78. The highest BCUT2D eigenvalue weighted by atomic mass is 16.6. The number of nitrogens with two attached hydrogens (primary N) is 1. The molecule has 0 aliphatic rings. The van der Waals surface area contributed by atoms with Gasteiger partial charge >= 0.3 is 5.97 Å². The largest absolute Gasteiger partial charge is 0.464 e. The summed E-state index contributed by atoms with van der Waals surface area (Å²) in [6.45, 7) is 2.49. The predicted octanol–water partition coefficient (Wildman–Crippen LogP) is 1.39. The van der Waals surface area contributed by atoms with Gasteiger partial charge in [0.1, 0.15) is 0 Å². The Morgan fingerprint density at radius 1 is 1.23 bits per heavy atom. The van der Waals surface area contributed by atoms with Crippen molar-refractivity contribution in [2.75, 3.05) is 13.2 Å². The molecule has 0 saturated heterocycles. The first kappa shape index (κ1) is 12.4. The van der Waals surface area contributed by atoms with Crippen LogP contribution in [0.25, 0.3) is 0 Å². The molecular weight excluding hydrogens is 170 g/mol. The second kappa shape index (κ2) is 9.48. The number of carbonyl (C=O) groups excluding carboxylic acids is 1. The molecule has 0 unspecified atom stereocenters. The zero-order valence-corrected chi connectivity index (χ0v) is 8.25. The van der Waals surface area contributed by atoms with E-state index in [1.165, 1.54) is 19.3 Å². The maximum atomic E-state index is 10.7. The molecule has 13 heavy (non-hydrogen) atoms. The topological polar surface area (TPSA) is 61.5 Å². The molecule has 0 bridgehead atoms. The van der Waals surface area contributed by atoms with E-state index in [1.807, 2.05) is 0 Å². The maximum Gasteiger partial charge on any atom is 0.334 e. The van der Waals surface area contributed by atoms with E-state index in [0.717, 1.165) is 12.8 Å². The summed E-state index contributed by atoms with van der Waals surface area (Å²) in [6, 6.07) is 0. The van der Waals surface area contributed by atoms with Crippen molar-refractivity contribution in [1.29, 1.82) is 0 Å². The monoisotopic (exact) mass is 189 g/mol. The Balaban J connectivity index is 3.02. The fraction of sp³-hybridized carbons (Fsp3) is 0.889. The minimum atomic E-state index is -0.391. The fourth-order valence-corrected chi connectivity index (χ4v) is 1.00. The van der Waals surface area contributed by atoms with E-state index in [9.17, 15) is 4.79 Å². The van der Waals surface area contributed by atoms with Crippen molar-refractivity contribution in [3.05, 3.63) is 0 Å². The van der Waals surface area contributed by atoms with Crippen LogP contribution in [0, 0.1) is 0 Å². The normalized spacial score (nSPS) is 10.0. The molecule has 0 fully saturated rings. The van der Waals surface area contributed by atoms with Crippen molar-refractivity contribution >= 4 is 5.97 Å². The highest BCUT2D eigenvalue weighted by Crippen LogP contribution is 2.02. The lowest BCUT2D eigenvalue weighted by Gasteiger charge is -2.02. The van der Waals surface area contributed by atoms with Crippen molar-refractivity contribution in [2.45, 2.75) is 39.0 Å². The Labute approximate surface area is 79.3 Å². The predicted molar refractivity (Wildman–Crippen MR) is 49.9 cm³/mol. The molecule has 0 rings (SSSR count). The highest BCUT2D eigenvalue weighted by molar-refractivity contribution is 5.70. The number of carbonyl (C=O) groups is 1. The van der Waals surface area contributed by atoms with Crippen LogP contribution in [0.3, 0.4) is 0 Å². The van der Waals surface area contributed by atoms with E-state index in [0.29, 0.717) is 6.61 Å². The van der Waals surface area contributed by atoms with Gasteiger partial charge in [-0.25, -0.2) is 10.7 Å². The lowest BCUT2D eigenvalue weighted by molar-refractivity contribution is -0.149. The van der Waals surface area contributed by atoms with Crippen LogP contribution in [0.5, 0.6) is 0 Å². The summed E-state index contributed by atoms with van der Waals surface area (Å²) < 4.78 is 4.82. The molecule has 0 atom stereocenters. The van der Waals surface area contributed by atoms with E-state index in [1.54, 1.807) is 0 Å². The average Bonchev–Trinajstić information content (AvgIpc) is 2.11. The Morgan fingerprint density at radius 3 is 2.54 bits per heavy atom. The Kier molecular flexibility index (Phi) is 9.03. The lowest BCUT2D eigenvalue weighted by atomic mass is 10.2. The molecule has 4 heteroatoms. The van der Waals surface area contributed by atoms with Crippen molar-refractivity contribution < 1.29 is 14.4 Å². The summed E-state index contributed by atoms with van der Waals surface area (Å²) in [4.78, 5) is 14.8. The van der Waals surface area contributed by atoms with Gasteiger partial charge in [-0.15, -0.1) is 0 Å². The van der Waals surface area contributed by atoms with E-state index in [-0.39, 0.29) is 6.61 Å². The number of hydrogen-bond donors (Lipinski definition) is 1. The lowest BCUT2D eigenvalue weighted by Crippen LogP contribution is -2.15. The second-order valence-corrected chi connectivity index (χ2v) is 2.95. The Hall–Kier alpha value is -0.610. The van der Waals surface area contributed by atoms with Crippen molar-refractivity contribution in [3.63, 3.8) is 0 Å². The van der Waals surface area contributed by atoms with Crippen LogP contribution in [-0.4, -0.2) is 19.2 Å². The molecule has 78 valence electrons. The quantitative estimate of drug-likeness (QED) is 0.356. The minimum absolute atomic E-state index is 0.158. The van der Waals surface area contributed by atoms with Crippen LogP contribution in [0.2, 0.25) is 0 Å². The molecule has 0 spiro atoms. The summed E-state index contributed by atoms with van der Waals surface area (Å²) in [6.07, 6.45) is 5.73. The second-order valence-electron chi connectivity index (χ2n) is 2.95. The smallest absolute Gasteiger partial charge is 0.334 e. The SMILES string of the molecule is CCCCCCCOC(=O)CON. The van der Waals surface area contributed by atoms with Crippen LogP contribution in [0.4, 0.5) is 0 Å². The van der Waals surface area contributed by atoms with Crippen LogP contribution >= 0.6 is 0 Å². The van der Waals surface area contributed by atoms with E-state index in [4.69, 9.17) is 10.6 Å². The van der Waals surface area contributed by atoms with Gasteiger partial charge in [0.15, 0.2) is 6.61 Å². The standard InChI is InChI=1S/C9H19NO3/c1-2-3-4-5-6-7-12-9(11)8-13-10/h2-8,10H2,1H3. The zero-order valence-electron chi connectivity index (χ0n) is 8.25. The van der Waals surface area contributed by atoms with Crippen molar-refractivity contribution in [3.8, 4) is 0 Å². The van der Waals surface area contributed by atoms with Crippen LogP contribution in [0.1, 0.15) is 39.0 Å². The van der Waals surface area contributed by atoms with Crippen LogP contribution in [0.15, 0.2) is 0 Å². The summed E-state index contributed by atoms with van der Waals surface area (Å²) >= 11 is 0. The van der Waals surface area contributed by atoms with Crippen molar-refractivity contribution in [2.24, 2.45) is 5.90 Å². The molecule has 0 aromatic carbocycles. The zero-order chi connectivity index (χ0) is 9.94. The van der Waals surface area contributed by atoms with Crippen LogP contribution in [-0.2, 0) is 14.4 Å². The number of esters is 1. The number of hydrogen-bond acceptors (Lipinski definition) is 4. The van der Waals surface area contributed by atoms with Gasteiger partial charge in [-0.1, -0.05) is 32.6 Å². The van der Waals surface area contributed by atoms with Gasteiger partial charge in [0, 0.05) is 0 Å². The summed E-state index contributed by atoms with van der Waals surface area (Å²) in [5.74, 6) is 4.31. The summed E-state index contributed by atoms with van der Waals surface area (Å²) in [5.41, 5.74) is 0. The minimum Gasteiger partial charge on any atom is -0.464 e. The van der Waals surface area contributed by atoms with Gasteiger partial charge in [0.05, 0.1) is 6.61 Å². The molecule has 2 N–H and O–H groups in total. The number of unbranched alkanes of at least 4 members (excludes halogenated alkanes) is 4. The average molecular weight is 189 g/mol. The van der Waals surface area contributed by atoms with Crippen molar-refractivity contribution in [1.82, 2.24) is 0 Å². The molecule has 0 amide bonds. The first-order valence-corrected chi connectivity index (χ1v) is 4.78. The fourth-order valence-electron chi connectivity index (χ4n) is 1.00. The Morgan fingerprint density at radius 2 is 1.92 bits per heavy atom. The summed E-state index contributed by atoms with van der Waals surface area (Å²) in [5, 5.41) is 0. The third kappa shape index (κ3) is 9.30. The van der Waals surface area contributed by atoms with E-state index < -0.39 is 5.97 Å². The van der Waals surface area contributed by atoms with E-state index in [2.05, 4.69) is 11.8 Å². The van der Waals surface area contributed by atoms with Gasteiger partial charge in [-0.05, 0) is 6.42 Å². The van der Waals surface area contributed by atoms with Gasteiger partial charge in [0.2, 0.25) is 0 Å². The molecule has 0 aromatic heterocycles. The summed E-state index contributed by atoms with van der Waals surface area (Å²) in [7, 11) is 0. The van der Waals surface area contributed by atoms with Gasteiger partial charge in [0.25, 0.3) is 0 Å². The molecule has 0 radical (unpaired) electrons. The molecule has 0 aromatic rings.